The van der Waals surface area contributed by atoms with Crippen LogP contribution in [0, 0.1) is 0 Å². The lowest BCUT2D eigenvalue weighted by Crippen LogP contribution is -2.07. The fraction of sp³-hybridized carbons (Fsp3) is 0.0238. The maximum absolute atomic E-state index is 5.36. The fourth-order valence-corrected chi connectivity index (χ4v) is 7.64. The van der Waals surface area contributed by atoms with Crippen molar-refractivity contribution in [2.45, 2.75) is 6.92 Å². The van der Waals surface area contributed by atoms with Crippen molar-refractivity contribution in [3.8, 4) is 11.1 Å². The summed E-state index contributed by atoms with van der Waals surface area (Å²) in [6.45, 7) is 6.68. The molecule has 0 spiro atoms. The maximum atomic E-state index is 5.36. The second-order valence-electron chi connectivity index (χ2n) is 11.3. The summed E-state index contributed by atoms with van der Waals surface area (Å²) in [5.41, 5.74) is 8.66. The van der Waals surface area contributed by atoms with Gasteiger partial charge in [-0.25, -0.2) is 4.99 Å². The molecule has 6 aromatic carbocycles. The zero-order valence-corrected chi connectivity index (χ0v) is 25.8. The summed E-state index contributed by atoms with van der Waals surface area (Å²) >= 11 is 1.82. The number of aromatic nitrogens is 1. The van der Waals surface area contributed by atoms with E-state index in [0.29, 0.717) is 0 Å². The highest BCUT2D eigenvalue weighted by molar-refractivity contribution is 7.26. The van der Waals surface area contributed by atoms with Gasteiger partial charge in [0, 0.05) is 36.5 Å². The van der Waals surface area contributed by atoms with E-state index in [9.17, 15) is 0 Å². The molecule has 0 aliphatic carbocycles. The van der Waals surface area contributed by atoms with E-state index in [1.165, 1.54) is 42.1 Å². The van der Waals surface area contributed by atoms with Crippen LogP contribution in [0.2, 0.25) is 0 Å². The Morgan fingerprint density at radius 3 is 2.11 bits per heavy atom. The normalized spacial score (nSPS) is 12.5. The van der Waals surface area contributed by atoms with Gasteiger partial charge in [0.1, 0.15) is 5.84 Å². The van der Waals surface area contributed by atoms with Gasteiger partial charge in [0.2, 0.25) is 0 Å². The number of fused-ring (bicyclic) bond motifs is 6. The summed E-state index contributed by atoms with van der Waals surface area (Å²) in [6.07, 6.45) is 2.14. The van der Waals surface area contributed by atoms with Crippen LogP contribution in [-0.2, 0) is 0 Å². The Bertz CT molecular complexity index is 2440. The minimum Gasteiger partial charge on any atom is -0.297 e. The van der Waals surface area contributed by atoms with Crippen LogP contribution in [0.3, 0.4) is 0 Å². The molecule has 0 unspecified atom stereocenters. The number of allylic oxidation sites excluding steroid dienone is 2. The molecule has 0 N–H and O–H groups in total. The van der Waals surface area contributed by atoms with Crippen molar-refractivity contribution in [3.63, 3.8) is 0 Å². The van der Waals surface area contributed by atoms with Crippen LogP contribution < -0.4 is 0 Å². The Hall–Kier alpha value is -5.51. The van der Waals surface area contributed by atoms with Crippen molar-refractivity contribution >= 4 is 70.4 Å². The summed E-state index contributed by atoms with van der Waals surface area (Å²) in [7, 11) is 0. The highest BCUT2D eigenvalue weighted by Gasteiger charge is 2.15. The Kier molecular flexibility index (Phi) is 6.74. The van der Waals surface area contributed by atoms with Crippen molar-refractivity contribution in [3.05, 3.63) is 169 Å². The van der Waals surface area contributed by atoms with Crippen LogP contribution in [0.1, 0.15) is 18.1 Å². The van der Waals surface area contributed by atoms with Crippen LogP contribution in [-0.4, -0.2) is 10.4 Å². The number of hydrogen-bond donors (Lipinski definition) is 0. The Labute approximate surface area is 266 Å². The topological polar surface area (TPSA) is 17.3 Å². The number of nitrogens with zero attached hydrogens (tertiary/aromatic N) is 2. The van der Waals surface area contributed by atoms with Gasteiger partial charge >= 0.3 is 0 Å². The van der Waals surface area contributed by atoms with Crippen LogP contribution in [0.4, 0.5) is 0 Å². The molecule has 0 amide bonds. The van der Waals surface area contributed by atoms with E-state index in [0.717, 1.165) is 39.3 Å². The van der Waals surface area contributed by atoms with Gasteiger partial charge in [0.15, 0.2) is 0 Å². The molecule has 2 aromatic heterocycles. The molecule has 3 heteroatoms. The molecule has 0 atom stereocenters. The van der Waals surface area contributed by atoms with E-state index in [1.54, 1.807) is 0 Å². The molecule has 2 heterocycles. The first kappa shape index (κ1) is 27.1. The maximum Gasteiger partial charge on any atom is 0.111 e. The van der Waals surface area contributed by atoms with Gasteiger partial charge < -0.3 is 0 Å². The number of para-hydroxylation sites is 1. The minimum absolute atomic E-state index is 0.876. The van der Waals surface area contributed by atoms with Gasteiger partial charge in [-0.2, -0.15) is 0 Å². The number of hydrogen-bond acceptors (Lipinski definition) is 2. The first-order valence-electron chi connectivity index (χ1n) is 15.2. The Morgan fingerprint density at radius 1 is 0.622 bits per heavy atom. The number of aliphatic imine (C=N–C) groups is 1. The molecular formula is C42H30N2S. The molecule has 2 nitrogen and oxygen atoms in total. The van der Waals surface area contributed by atoms with E-state index in [-0.39, 0.29) is 0 Å². The lowest BCUT2D eigenvalue weighted by molar-refractivity contribution is 1.24. The summed E-state index contributed by atoms with van der Waals surface area (Å²) in [4.78, 5) is 5.36. The van der Waals surface area contributed by atoms with Crippen molar-refractivity contribution in [1.82, 2.24) is 4.57 Å². The van der Waals surface area contributed by atoms with Gasteiger partial charge in [-0.3, -0.25) is 4.57 Å². The lowest BCUT2D eigenvalue weighted by Gasteiger charge is -2.11. The van der Waals surface area contributed by atoms with Gasteiger partial charge in [-0.05, 0) is 53.5 Å². The minimum atomic E-state index is 0.876. The molecule has 214 valence electrons. The highest BCUT2D eigenvalue weighted by atomic mass is 32.1. The quantitative estimate of drug-likeness (QED) is 0.107. The number of benzene rings is 6. The molecule has 0 saturated heterocycles. The molecule has 0 radical (unpaired) electrons. The van der Waals surface area contributed by atoms with E-state index < -0.39 is 0 Å². The lowest BCUT2D eigenvalue weighted by atomic mass is 10.0. The van der Waals surface area contributed by atoms with Crippen molar-refractivity contribution in [2.24, 2.45) is 4.99 Å². The molecule has 0 saturated carbocycles. The van der Waals surface area contributed by atoms with E-state index in [2.05, 4.69) is 164 Å². The van der Waals surface area contributed by atoms with Crippen molar-refractivity contribution in [2.75, 3.05) is 0 Å². The summed E-state index contributed by atoms with van der Waals surface area (Å²) < 4.78 is 4.84. The summed E-state index contributed by atoms with van der Waals surface area (Å²) in [6, 6.07) is 51.4. The average molecular weight is 595 g/mol. The molecular weight excluding hydrogens is 565 g/mol. The Morgan fingerprint density at radius 2 is 1.29 bits per heavy atom. The second kappa shape index (κ2) is 11.2. The average Bonchev–Trinajstić information content (AvgIpc) is 3.64. The SMILES string of the molecule is C=C(/C=C(\N=C(C)n1c2ccccc2c2ccc(-c3ccccc3)cc21)c1ccccc1)c1cccc2c1sc1ccccc12. The third-order valence-electron chi connectivity index (χ3n) is 8.52. The molecule has 8 rings (SSSR count). The van der Waals surface area contributed by atoms with Gasteiger partial charge in [0.25, 0.3) is 0 Å². The molecule has 0 bridgehead atoms. The van der Waals surface area contributed by atoms with Gasteiger partial charge in [0.05, 0.1) is 16.7 Å². The largest absolute Gasteiger partial charge is 0.297 e. The summed E-state index contributed by atoms with van der Waals surface area (Å²) in [5, 5.41) is 4.98. The van der Waals surface area contributed by atoms with Crippen molar-refractivity contribution < 1.29 is 0 Å². The van der Waals surface area contributed by atoms with Gasteiger partial charge in [-0.1, -0.05) is 134 Å². The van der Waals surface area contributed by atoms with Crippen molar-refractivity contribution in [1.29, 1.82) is 0 Å². The molecule has 0 aliphatic heterocycles. The monoisotopic (exact) mass is 594 g/mol. The van der Waals surface area contributed by atoms with Gasteiger partial charge in [-0.15, -0.1) is 11.3 Å². The third-order valence-corrected chi connectivity index (χ3v) is 9.74. The Balaban J connectivity index is 1.31. The van der Waals surface area contributed by atoms with E-state index in [4.69, 9.17) is 4.99 Å². The highest BCUT2D eigenvalue weighted by Crippen LogP contribution is 2.39. The number of rotatable bonds is 5. The van der Waals surface area contributed by atoms with E-state index in [1.807, 2.05) is 17.4 Å². The van der Waals surface area contributed by atoms with Crippen LogP contribution in [0.25, 0.3) is 64.4 Å². The van der Waals surface area contributed by atoms with Crippen LogP contribution >= 0.6 is 11.3 Å². The van der Waals surface area contributed by atoms with Crippen LogP contribution in [0.15, 0.2) is 163 Å². The third kappa shape index (κ3) is 4.79. The number of thiophene rings is 1. The molecule has 0 fully saturated rings. The molecule has 8 aromatic rings. The molecule has 0 aliphatic rings. The first-order chi connectivity index (χ1) is 22.2. The second-order valence-corrected chi connectivity index (χ2v) is 12.4. The zero-order chi connectivity index (χ0) is 30.3. The fourth-order valence-electron chi connectivity index (χ4n) is 6.39. The predicted octanol–water partition coefficient (Wildman–Crippen LogP) is 11.9. The molecule has 45 heavy (non-hydrogen) atoms. The zero-order valence-electron chi connectivity index (χ0n) is 24.9. The van der Waals surface area contributed by atoms with Crippen LogP contribution in [0.5, 0.6) is 0 Å². The standard InChI is InChI=1S/C42H30N2S/c1-28(33-20-13-21-37-36-19-10-12-23-41(36)45-42(33)37)26-38(31-16-7-4-8-17-31)43-29(2)44-39-22-11-9-18-34(39)35-25-24-32(27-40(35)44)30-14-5-3-6-15-30/h3-27H,1H2,2H3/b38-26-,43-29?. The summed E-state index contributed by atoms with van der Waals surface area (Å²) in [5.74, 6) is 0.898. The first-order valence-corrected chi connectivity index (χ1v) is 16.0. The predicted molar refractivity (Wildman–Crippen MR) is 196 cm³/mol. The van der Waals surface area contributed by atoms with E-state index >= 15 is 0 Å². The smallest absolute Gasteiger partial charge is 0.111 e.